The van der Waals surface area contributed by atoms with Gasteiger partial charge in [-0.1, -0.05) is 12.8 Å². The Balaban J connectivity index is 1.66. The van der Waals surface area contributed by atoms with Gasteiger partial charge in [0.05, 0.1) is 0 Å². The van der Waals surface area contributed by atoms with Crippen LogP contribution in [-0.4, -0.2) is 11.0 Å². The SMILES string of the molecule is O=C(Nc1ccc(O)c(F)c1)C1C2CCCCC21. The third kappa shape index (κ3) is 1.96. The topological polar surface area (TPSA) is 49.3 Å². The number of carbonyl (C=O) groups is 1. The summed E-state index contributed by atoms with van der Waals surface area (Å²) in [6.45, 7) is 0. The van der Waals surface area contributed by atoms with Crippen LogP contribution in [0.2, 0.25) is 0 Å². The smallest absolute Gasteiger partial charge is 0.228 e. The summed E-state index contributed by atoms with van der Waals surface area (Å²) in [5.74, 6) is 0.0943. The first kappa shape index (κ1) is 11.5. The first-order valence-electron chi connectivity index (χ1n) is 6.46. The number of fused-ring (bicyclic) bond motifs is 1. The van der Waals surface area contributed by atoms with E-state index < -0.39 is 11.6 Å². The second-order valence-corrected chi connectivity index (χ2v) is 5.29. The van der Waals surface area contributed by atoms with Crippen LogP contribution in [0.5, 0.6) is 5.75 Å². The number of anilines is 1. The van der Waals surface area contributed by atoms with E-state index >= 15 is 0 Å². The fraction of sp³-hybridized carbons (Fsp3) is 0.500. The van der Waals surface area contributed by atoms with E-state index in [0.717, 1.165) is 18.9 Å². The highest BCUT2D eigenvalue weighted by Crippen LogP contribution is 2.55. The molecule has 0 spiro atoms. The van der Waals surface area contributed by atoms with E-state index in [-0.39, 0.29) is 11.8 Å². The van der Waals surface area contributed by atoms with Crippen LogP contribution in [0.15, 0.2) is 18.2 Å². The van der Waals surface area contributed by atoms with Gasteiger partial charge in [-0.25, -0.2) is 4.39 Å². The Labute approximate surface area is 105 Å². The molecule has 2 saturated carbocycles. The third-order valence-corrected chi connectivity index (χ3v) is 4.17. The number of aromatic hydroxyl groups is 1. The number of phenols is 1. The van der Waals surface area contributed by atoms with Crippen LogP contribution in [-0.2, 0) is 4.79 Å². The van der Waals surface area contributed by atoms with Crippen LogP contribution in [0.1, 0.15) is 25.7 Å². The molecule has 2 fully saturated rings. The quantitative estimate of drug-likeness (QED) is 0.792. The Hall–Kier alpha value is -1.58. The van der Waals surface area contributed by atoms with Gasteiger partial charge in [-0.15, -0.1) is 0 Å². The lowest BCUT2D eigenvalue weighted by atomic mass is 10.0. The van der Waals surface area contributed by atoms with E-state index in [2.05, 4.69) is 5.32 Å². The molecule has 0 aliphatic heterocycles. The van der Waals surface area contributed by atoms with Crippen molar-refractivity contribution in [1.82, 2.24) is 0 Å². The van der Waals surface area contributed by atoms with E-state index in [9.17, 15) is 9.18 Å². The molecule has 1 aromatic rings. The molecule has 2 aliphatic carbocycles. The third-order valence-electron chi connectivity index (χ3n) is 4.17. The van der Waals surface area contributed by atoms with Crippen LogP contribution < -0.4 is 5.32 Å². The molecule has 2 atom stereocenters. The summed E-state index contributed by atoms with van der Waals surface area (Å²) < 4.78 is 13.1. The standard InChI is InChI=1S/C14H16FNO2/c15-11-7-8(5-6-12(11)17)16-14(18)13-9-3-1-2-4-10(9)13/h5-7,9-10,13,17H,1-4H2,(H,16,18). The number of hydrogen-bond acceptors (Lipinski definition) is 2. The van der Waals surface area contributed by atoms with Gasteiger partial charge in [0.15, 0.2) is 11.6 Å². The Bertz CT molecular complexity index is 477. The minimum atomic E-state index is -0.707. The van der Waals surface area contributed by atoms with Gasteiger partial charge in [0.2, 0.25) is 5.91 Å². The molecule has 0 saturated heterocycles. The summed E-state index contributed by atoms with van der Waals surface area (Å²) in [4.78, 5) is 12.0. The van der Waals surface area contributed by atoms with Crippen molar-refractivity contribution in [2.24, 2.45) is 17.8 Å². The van der Waals surface area contributed by atoms with Gasteiger partial charge < -0.3 is 10.4 Å². The fourth-order valence-corrected chi connectivity index (χ4v) is 3.19. The molecular weight excluding hydrogens is 233 g/mol. The van der Waals surface area contributed by atoms with Crippen molar-refractivity contribution in [3.63, 3.8) is 0 Å². The first-order valence-corrected chi connectivity index (χ1v) is 6.46. The summed E-state index contributed by atoms with van der Waals surface area (Å²) in [6, 6.07) is 3.92. The monoisotopic (exact) mass is 249 g/mol. The normalized spacial score (nSPS) is 29.5. The average molecular weight is 249 g/mol. The largest absolute Gasteiger partial charge is 0.505 e. The Morgan fingerprint density at radius 3 is 2.56 bits per heavy atom. The Morgan fingerprint density at radius 2 is 1.94 bits per heavy atom. The molecule has 3 rings (SSSR count). The number of carbonyl (C=O) groups excluding carboxylic acids is 1. The van der Waals surface area contributed by atoms with Gasteiger partial charge in [0.1, 0.15) is 0 Å². The lowest BCUT2D eigenvalue weighted by Crippen LogP contribution is -2.15. The average Bonchev–Trinajstić information content (AvgIpc) is 3.08. The van der Waals surface area contributed by atoms with E-state index in [1.807, 2.05) is 0 Å². The number of halogens is 1. The molecule has 0 heterocycles. The highest BCUT2D eigenvalue weighted by molar-refractivity contribution is 5.95. The second-order valence-electron chi connectivity index (χ2n) is 5.29. The van der Waals surface area contributed by atoms with E-state index in [4.69, 9.17) is 5.11 Å². The van der Waals surface area contributed by atoms with Gasteiger partial charge in [-0.3, -0.25) is 4.79 Å². The van der Waals surface area contributed by atoms with Crippen LogP contribution in [0.3, 0.4) is 0 Å². The molecule has 3 nitrogen and oxygen atoms in total. The number of amides is 1. The zero-order valence-corrected chi connectivity index (χ0v) is 10.0. The van der Waals surface area contributed by atoms with Crippen molar-refractivity contribution in [3.05, 3.63) is 24.0 Å². The van der Waals surface area contributed by atoms with E-state index in [0.29, 0.717) is 17.5 Å². The number of nitrogens with one attached hydrogen (secondary N) is 1. The first-order chi connectivity index (χ1) is 8.66. The summed E-state index contributed by atoms with van der Waals surface area (Å²) >= 11 is 0. The highest BCUT2D eigenvalue weighted by Gasteiger charge is 2.54. The van der Waals surface area contributed by atoms with Crippen LogP contribution in [0.25, 0.3) is 0 Å². The summed E-state index contributed by atoms with van der Waals surface area (Å²) in [5, 5.41) is 11.8. The molecular formula is C14H16FNO2. The second kappa shape index (κ2) is 4.26. The summed E-state index contributed by atoms with van der Waals surface area (Å²) in [5.41, 5.74) is 0.416. The maximum absolute atomic E-state index is 13.1. The number of benzene rings is 1. The Kier molecular flexibility index (Phi) is 2.73. The minimum Gasteiger partial charge on any atom is -0.505 e. The maximum Gasteiger partial charge on any atom is 0.228 e. The lowest BCUT2D eigenvalue weighted by molar-refractivity contribution is -0.117. The number of hydrogen-bond donors (Lipinski definition) is 2. The molecule has 96 valence electrons. The molecule has 1 amide bonds. The van der Waals surface area contributed by atoms with Crippen molar-refractivity contribution in [2.75, 3.05) is 5.32 Å². The minimum absolute atomic E-state index is 0.00279. The zero-order valence-electron chi connectivity index (χ0n) is 10.0. The molecule has 2 unspecified atom stereocenters. The van der Waals surface area contributed by atoms with Gasteiger partial charge in [0, 0.05) is 17.7 Å². The molecule has 0 bridgehead atoms. The van der Waals surface area contributed by atoms with Crippen LogP contribution in [0, 0.1) is 23.6 Å². The van der Waals surface area contributed by atoms with Crippen molar-refractivity contribution in [2.45, 2.75) is 25.7 Å². The summed E-state index contributed by atoms with van der Waals surface area (Å²) in [6.07, 6.45) is 4.73. The predicted octanol–water partition coefficient (Wildman–Crippen LogP) is 2.91. The molecule has 0 radical (unpaired) electrons. The number of phenolic OH excluding ortho intramolecular Hbond substituents is 1. The molecule has 0 aromatic heterocycles. The van der Waals surface area contributed by atoms with Crippen LogP contribution >= 0.6 is 0 Å². The van der Waals surface area contributed by atoms with Crippen molar-refractivity contribution < 1.29 is 14.3 Å². The lowest BCUT2D eigenvalue weighted by Gasteiger charge is -2.05. The van der Waals surface area contributed by atoms with E-state index in [1.165, 1.54) is 25.0 Å². The molecule has 18 heavy (non-hydrogen) atoms. The zero-order chi connectivity index (χ0) is 12.7. The maximum atomic E-state index is 13.1. The molecule has 2 aliphatic rings. The highest BCUT2D eigenvalue weighted by atomic mass is 19.1. The van der Waals surface area contributed by atoms with Crippen molar-refractivity contribution in [1.29, 1.82) is 0 Å². The van der Waals surface area contributed by atoms with Crippen LogP contribution in [0.4, 0.5) is 10.1 Å². The van der Waals surface area contributed by atoms with Crippen molar-refractivity contribution >= 4 is 11.6 Å². The van der Waals surface area contributed by atoms with E-state index in [1.54, 1.807) is 0 Å². The van der Waals surface area contributed by atoms with Gasteiger partial charge in [-0.05, 0) is 36.8 Å². The Morgan fingerprint density at radius 1 is 1.28 bits per heavy atom. The van der Waals surface area contributed by atoms with Crippen molar-refractivity contribution in [3.8, 4) is 5.75 Å². The molecule has 1 aromatic carbocycles. The fourth-order valence-electron chi connectivity index (χ4n) is 3.19. The summed E-state index contributed by atoms with van der Waals surface area (Å²) in [7, 11) is 0. The molecule has 4 heteroatoms. The molecule has 2 N–H and O–H groups in total. The van der Waals surface area contributed by atoms with Gasteiger partial charge >= 0.3 is 0 Å². The van der Waals surface area contributed by atoms with Gasteiger partial charge in [0.25, 0.3) is 0 Å². The van der Waals surface area contributed by atoms with Gasteiger partial charge in [-0.2, -0.15) is 0 Å². The predicted molar refractivity (Wildman–Crippen MR) is 65.6 cm³/mol. The number of rotatable bonds is 2.